The van der Waals surface area contributed by atoms with Crippen LogP contribution in [0.1, 0.15) is 5.56 Å². The van der Waals surface area contributed by atoms with E-state index in [1.165, 1.54) is 5.56 Å². The van der Waals surface area contributed by atoms with E-state index in [2.05, 4.69) is 43.3 Å². The van der Waals surface area contributed by atoms with Gasteiger partial charge in [0.25, 0.3) is 0 Å². The lowest BCUT2D eigenvalue weighted by Crippen LogP contribution is -2.00. The third-order valence-corrected chi connectivity index (χ3v) is 5.11. The summed E-state index contributed by atoms with van der Waals surface area (Å²) in [6, 6.07) is 22.4. The predicted octanol–water partition coefficient (Wildman–Crippen LogP) is 5.39. The average Bonchev–Trinajstić information content (AvgIpc) is 2.56. The van der Waals surface area contributed by atoms with Crippen LogP contribution in [-0.4, -0.2) is 0 Å². The van der Waals surface area contributed by atoms with Crippen molar-refractivity contribution in [3.8, 4) is 11.1 Å². The van der Waals surface area contributed by atoms with Gasteiger partial charge < -0.3 is 0 Å². The zero-order valence-electron chi connectivity index (χ0n) is 12.2. The summed E-state index contributed by atoms with van der Waals surface area (Å²) in [5.74, 6) is 0. The Morgan fingerprint density at radius 1 is 0.727 bits per heavy atom. The molecule has 0 fully saturated rings. The molecule has 22 heavy (non-hydrogen) atoms. The maximum atomic E-state index is 12.7. The summed E-state index contributed by atoms with van der Waals surface area (Å²) in [5.41, 5.74) is 3.60. The van der Waals surface area contributed by atoms with Crippen LogP contribution < -0.4 is 5.43 Å². The third-order valence-electron chi connectivity index (χ3n) is 3.96. The molecule has 1 aromatic heterocycles. The highest BCUT2D eigenvalue weighted by Gasteiger charge is 2.07. The molecule has 0 saturated heterocycles. The molecule has 0 bridgehead atoms. The van der Waals surface area contributed by atoms with Crippen molar-refractivity contribution in [2.24, 2.45) is 0 Å². The van der Waals surface area contributed by atoms with Gasteiger partial charge in [-0.25, -0.2) is 0 Å². The molecule has 0 saturated carbocycles. The van der Waals surface area contributed by atoms with Crippen LogP contribution in [-0.2, 0) is 0 Å². The van der Waals surface area contributed by atoms with E-state index < -0.39 is 0 Å². The monoisotopic (exact) mass is 302 g/mol. The first-order valence-electron chi connectivity index (χ1n) is 7.25. The molecule has 106 valence electrons. The number of benzene rings is 3. The second kappa shape index (κ2) is 5.08. The minimum Gasteiger partial charge on any atom is -0.289 e. The van der Waals surface area contributed by atoms with Gasteiger partial charge in [0.1, 0.15) is 0 Å². The molecular weight excluding hydrogens is 288 g/mol. The van der Waals surface area contributed by atoms with Crippen molar-refractivity contribution in [1.82, 2.24) is 0 Å². The van der Waals surface area contributed by atoms with E-state index in [0.717, 1.165) is 31.3 Å². The van der Waals surface area contributed by atoms with E-state index in [1.54, 1.807) is 11.3 Å². The van der Waals surface area contributed by atoms with E-state index in [-0.39, 0.29) is 5.43 Å². The van der Waals surface area contributed by atoms with Gasteiger partial charge in [0, 0.05) is 20.2 Å². The van der Waals surface area contributed by atoms with Crippen LogP contribution in [0, 0.1) is 6.92 Å². The summed E-state index contributed by atoms with van der Waals surface area (Å²) in [5, 5.41) is 1.61. The maximum absolute atomic E-state index is 12.7. The van der Waals surface area contributed by atoms with Gasteiger partial charge in [0.15, 0.2) is 5.43 Å². The summed E-state index contributed by atoms with van der Waals surface area (Å²) >= 11 is 1.67. The van der Waals surface area contributed by atoms with E-state index in [0.29, 0.717) is 0 Å². The topological polar surface area (TPSA) is 17.1 Å². The Kier molecular flexibility index (Phi) is 3.05. The van der Waals surface area contributed by atoms with Gasteiger partial charge in [-0.15, -0.1) is 11.3 Å². The first-order chi connectivity index (χ1) is 10.7. The molecule has 2 heteroatoms. The van der Waals surface area contributed by atoms with Crippen LogP contribution in [0.3, 0.4) is 0 Å². The Morgan fingerprint density at radius 3 is 2.23 bits per heavy atom. The molecule has 0 spiro atoms. The molecule has 4 aromatic rings. The fourth-order valence-electron chi connectivity index (χ4n) is 2.73. The first-order valence-corrected chi connectivity index (χ1v) is 8.07. The fourth-order valence-corrected chi connectivity index (χ4v) is 3.78. The van der Waals surface area contributed by atoms with E-state index in [9.17, 15) is 4.79 Å². The number of hydrogen-bond donors (Lipinski definition) is 0. The van der Waals surface area contributed by atoms with Crippen molar-refractivity contribution >= 4 is 31.5 Å². The molecule has 1 nitrogen and oxygen atoms in total. The van der Waals surface area contributed by atoms with Crippen molar-refractivity contribution in [1.29, 1.82) is 0 Å². The second-order valence-corrected chi connectivity index (χ2v) is 6.59. The maximum Gasteiger partial charge on any atom is 0.195 e. The number of hydrogen-bond acceptors (Lipinski definition) is 2. The highest BCUT2D eigenvalue weighted by molar-refractivity contribution is 7.24. The molecule has 0 unspecified atom stereocenters. The lowest BCUT2D eigenvalue weighted by Gasteiger charge is -2.05. The molecule has 0 N–H and O–H groups in total. The van der Waals surface area contributed by atoms with Crippen LogP contribution in [0.4, 0.5) is 0 Å². The number of aryl methyl sites for hydroxylation is 1. The standard InChI is InChI=1S/C20H14OS/c1-13-6-8-14(9-7-13)15-10-11-19-17(12-15)20(21)16-4-2-3-5-18(16)22-19/h2-12H,1H3. The highest BCUT2D eigenvalue weighted by Crippen LogP contribution is 2.28. The molecule has 3 aromatic carbocycles. The Labute approximate surface area is 132 Å². The van der Waals surface area contributed by atoms with E-state index >= 15 is 0 Å². The third kappa shape index (κ3) is 2.13. The number of fused-ring (bicyclic) bond motifs is 2. The highest BCUT2D eigenvalue weighted by atomic mass is 32.1. The molecule has 0 aliphatic heterocycles. The quantitative estimate of drug-likeness (QED) is 0.431. The first kappa shape index (κ1) is 13.2. The molecule has 0 radical (unpaired) electrons. The Balaban J connectivity index is 2.01. The van der Waals surface area contributed by atoms with Crippen LogP contribution in [0.15, 0.2) is 71.5 Å². The van der Waals surface area contributed by atoms with Crippen molar-refractivity contribution in [2.45, 2.75) is 6.92 Å². The predicted molar refractivity (Wildman–Crippen MR) is 95.8 cm³/mol. The molecule has 1 heterocycles. The zero-order valence-corrected chi connectivity index (χ0v) is 13.0. The molecule has 4 rings (SSSR count). The molecule has 0 atom stereocenters. The molecule has 0 amide bonds. The van der Waals surface area contributed by atoms with Gasteiger partial charge in [-0.2, -0.15) is 0 Å². The Bertz CT molecular complexity index is 1040. The van der Waals surface area contributed by atoms with Crippen LogP contribution in [0.25, 0.3) is 31.3 Å². The summed E-state index contributed by atoms with van der Waals surface area (Å²) < 4.78 is 2.09. The average molecular weight is 302 g/mol. The van der Waals surface area contributed by atoms with Crippen LogP contribution >= 0.6 is 11.3 Å². The van der Waals surface area contributed by atoms with E-state index in [4.69, 9.17) is 0 Å². The Morgan fingerprint density at radius 2 is 1.41 bits per heavy atom. The van der Waals surface area contributed by atoms with Crippen molar-refractivity contribution in [2.75, 3.05) is 0 Å². The smallest absolute Gasteiger partial charge is 0.195 e. The summed E-state index contributed by atoms with van der Waals surface area (Å²) in [6.07, 6.45) is 0. The van der Waals surface area contributed by atoms with E-state index in [1.807, 2.05) is 30.3 Å². The van der Waals surface area contributed by atoms with Crippen molar-refractivity contribution in [3.63, 3.8) is 0 Å². The SMILES string of the molecule is Cc1ccc(-c2ccc3sc4ccccc4c(=O)c3c2)cc1. The van der Waals surface area contributed by atoms with Gasteiger partial charge in [0.2, 0.25) is 0 Å². The zero-order chi connectivity index (χ0) is 15.1. The molecule has 0 aliphatic carbocycles. The lowest BCUT2D eigenvalue weighted by atomic mass is 10.0. The second-order valence-electron chi connectivity index (χ2n) is 5.50. The fraction of sp³-hybridized carbons (Fsp3) is 0.0500. The van der Waals surface area contributed by atoms with Gasteiger partial charge in [-0.1, -0.05) is 48.0 Å². The van der Waals surface area contributed by atoms with Crippen molar-refractivity contribution in [3.05, 3.63) is 82.5 Å². The Hall–Kier alpha value is -2.45. The van der Waals surface area contributed by atoms with Crippen LogP contribution in [0.5, 0.6) is 0 Å². The van der Waals surface area contributed by atoms with Crippen molar-refractivity contribution < 1.29 is 0 Å². The lowest BCUT2D eigenvalue weighted by molar-refractivity contribution is 1.47. The van der Waals surface area contributed by atoms with Gasteiger partial charge >= 0.3 is 0 Å². The minimum absolute atomic E-state index is 0.123. The molecular formula is C20H14OS. The summed E-state index contributed by atoms with van der Waals surface area (Å²) in [7, 11) is 0. The largest absolute Gasteiger partial charge is 0.289 e. The molecule has 0 aliphatic rings. The van der Waals surface area contributed by atoms with Gasteiger partial charge in [0.05, 0.1) is 0 Å². The van der Waals surface area contributed by atoms with Gasteiger partial charge in [-0.05, 0) is 42.3 Å². The number of rotatable bonds is 1. The minimum atomic E-state index is 0.123. The van der Waals surface area contributed by atoms with Crippen LogP contribution in [0.2, 0.25) is 0 Å². The summed E-state index contributed by atoms with van der Waals surface area (Å²) in [4.78, 5) is 12.7. The van der Waals surface area contributed by atoms with Gasteiger partial charge in [-0.3, -0.25) is 4.79 Å². The normalized spacial score (nSPS) is 11.1. The summed E-state index contributed by atoms with van der Waals surface area (Å²) in [6.45, 7) is 2.08.